The van der Waals surface area contributed by atoms with Crippen molar-refractivity contribution >= 4 is 22.4 Å². The van der Waals surface area contributed by atoms with Crippen molar-refractivity contribution in [2.75, 3.05) is 13.1 Å². The summed E-state index contributed by atoms with van der Waals surface area (Å²) in [5.41, 5.74) is 3.66. The van der Waals surface area contributed by atoms with Gasteiger partial charge in [-0.25, -0.2) is 4.98 Å². The number of hydrogen-bond donors (Lipinski definition) is 1. The molecule has 2 aromatic heterocycles. The van der Waals surface area contributed by atoms with Crippen molar-refractivity contribution < 1.29 is 0 Å². The van der Waals surface area contributed by atoms with Gasteiger partial charge in [0, 0.05) is 17.6 Å². The van der Waals surface area contributed by atoms with E-state index in [4.69, 9.17) is 0 Å². The topological polar surface area (TPSA) is 29.3 Å². The van der Waals surface area contributed by atoms with Crippen LogP contribution in [0.3, 0.4) is 0 Å². The van der Waals surface area contributed by atoms with Crippen molar-refractivity contribution in [2.45, 2.75) is 34.6 Å². The van der Waals surface area contributed by atoms with E-state index in [1.165, 1.54) is 16.1 Å². The second-order valence-corrected chi connectivity index (χ2v) is 6.81. The molecule has 0 bridgehead atoms. The zero-order chi connectivity index (χ0) is 14.0. The molecule has 0 amide bonds. The number of aryl methyl sites for hydroxylation is 2. The van der Waals surface area contributed by atoms with Gasteiger partial charge in [-0.1, -0.05) is 19.4 Å². The molecule has 2 heterocycles. The van der Waals surface area contributed by atoms with E-state index in [1.807, 2.05) is 0 Å². The van der Waals surface area contributed by atoms with Gasteiger partial charge in [0.15, 0.2) is 4.96 Å². The predicted octanol–water partition coefficient (Wildman–Crippen LogP) is 3.66. The molecule has 0 aromatic carbocycles. The van der Waals surface area contributed by atoms with Crippen LogP contribution in [0.1, 0.15) is 37.0 Å². The van der Waals surface area contributed by atoms with Gasteiger partial charge in [-0.15, -0.1) is 11.3 Å². The smallest absolute Gasteiger partial charge is 0.194 e. The molecular weight excluding hydrogens is 254 g/mol. The first kappa shape index (κ1) is 14.3. The predicted molar refractivity (Wildman–Crippen MR) is 83.9 cm³/mol. The Labute approximate surface area is 119 Å². The SMILES string of the molecule is CC(=Cc1c(C)nc2sc(C)cn12)CNCC(C)C. The molecule has 0 fully saturated rings. The van der Waals surface area contributed by atoms with Gasteiger partial charge in [0.05, 0.1) is 11.4 Å². The van der Waals surface area contributed by atoms with Crippen LogP contribution in [-0.2, 0) is 0 Å². The third-order valence-electron chi connectivity index (χ3n) is 3.00. The quantitative estimate of drug-likeness (QED) is 0.903. The largest absolute Gasteiger partial charge is 0.313 e. The van der Waals surface area contributed by atoms with E-state index < -0.39 is 0 Å². The second kappa shape index (κ2) is 5.88. The van der Waals surface area contributed by atoms with E-state index in [0.29, 0.717) is 5.92 Å². The van der Waals surface area contributed by atoms with Crippen LogP contribution in [0.2, 0.25) is 0 Å². The van der Waals surface area contributed by atoms with E-state index in [-0.39, 0.29) is 0 Å². The fraction of sp³-hybridized carbons (Fsp3) is 0.533. The molecule has 0 aliphatic heterocycles. The molecule has 0 aliphatic carbocycles. The molecule has 104 valence electrons. The molecule has 0 radical (unpaired) electrons. The van der Waals surface area contributed by atoms with Crippen LogP contribution in [0.5, 0.6) is 0 Å². The number of thiazole rings is 1. The fourth-order valence-electron chi connectivity index (χ4n) is 2.10. The monoisotopic (exact) mass is 277 g/mol. The summed E-state index contributed by atoms with van der Waals surface area (Å²) in [6.45, 7) is 12.8. The first-order chi connectivity index (χ1) is 8.97. The van der Waals surface area contributed by atoms with Crippen LogP contribution < -0.4 is 5.32 Å². The Balaban J connectivity index is 2.16. The minimum absolute atomic E-state index is 0.690. The van der Waals surface area contributed by atoms with Crippen LogP contribution in [0.15, 0.2) is 11.8 Å². The summed E-state index contributed by atoms with van der Waals surface area (Å²) in [7, 11) is 0. The summed E-state index contributed by atoms with van der Waals surface area (Å²) in [5, 5.41) is 3.47. The summed E-state index contributed by atoms with van der Waals surface area (Å²) in [6, 6.07) is 0. The van der Waals surface area contributed by atoms with Gasteiger partial charge in [0.1, 0.15) is 0 Å². The van der Waals surface area contributed by atoms with Crippen LogP contribution in [0, 0.1) is 19.8 Å². The molecule has 0 aliphatic rings. The molecule has 19 heavy (non-hydrogen) atoms. The molecular formula is C15H23N3S. The molecule has 3 nitrogen and oxygen atoms in total. The Morgan fingerprint density at radius 2 is 2.21 bits per heavy atom. The van der Waals surface area contributed by atoms with Gasteiger partial charge in [-0.3, -0.25) is 4.40 Å². The zero-order valence-corrected chi connectivity index (χ0v) is 13.3. The van der Waals surface area contributed by atoms with Crippen LogP contribution in [0.25, 0.3) is 11.0 Å². The van der Waals surface area contributed by atoms with Gasteiger partial charge >= 0.3 is 0 Å². The van der Waals surface area contributed by atoms with Gasteiger partial charge < -0.3 is 5.32 Å². The highest BCUT2D eigenvalue weighted by atomic mass is 32.1. The lowest BCUT2D eigenvalue weighted by molar-refractivity contribution is 0.572. The zero-order valence-electron chi connectivity index (χ0n) is 12.4. The Morgan fingerprint density at radius 3 is 2.89 bits per heavy atom. The van der Waals surface area contributed by atoms with Crippen LogP contribution in [0.4, 0.5) is 0 Å². The van der Waals surface area contributed by atoms with E-state index >= 15 is 0 Å². The summed E-state index contributed by atoms with van der Waals surface area (Å²) < 4.78 is 2.20. The first-order valence-electron chi connectivity index (χ1n) is 6.80. The molecule has 0 atom stereocenters. The van der Waals surface area contributed by atoms with Crippen molar-refractivity contribution in [1.82, 2.24) is 14.7 Å². The first-order valence-corrected chi connectivity index (χ1v) is 7.62. The van der Waals surface area contributed by atoms with Gasteiger partial charge in [0.25, 0.3) is 0 Å². The maximum atomic E-state index is 4.61. The molecule has 0 unspecified atom stereocenters. The Hall–Kier alpha value is -1.13. The third-order valence-corrected chi connectivity index (χ3v) is 3.90. The summed E-state index contributed by atoms with van der Waals surface area (Å²) in [6.07, 6.45) is 4.41. The average molecular weight is 277 g/mol. The van der Waals surface area contributed by atoms with E-state index in [9.17, 15) is 0 Å². The van der Waals surface area contributed by atoms with E-state index in [2.05, 4.69) is 61.6 Å². The van der Waals surface area contributed by atoms with Crippen molar-refractivity contribution in [3.63, 3.8) is 0 Å². The molecule has 4 heteroatoms. The van der Waals surface area contributed by atoms with Crippen LogP contribution in [-0.4, -0.2) is 22.5 Å². The Bertz CT molecular complexity index is 590. The highest BCUT2D eigenvalue weighted by Crippen LogP contribution is 2.22. The maximum Gasteiger partial charge on any atom is 0.194 e. The van der Waals surface area contributed by atoms with Crippen molar-refractivity contribution in [3.8, 4) is 0 Å². The number of fused-ring (bicyclic) bond motifs is 1. The number of imidazole rings is 1. The highest BCUT2D eigenvalue weighted by Gasteiger charge is 2.09. The summed E-state index contributed by atoms with van der Waals surface area (Å²) in [4.78, 5) is 7.00. The molecule has 2 rings (SSSR count). The van der Waals surface area contributed by atoms with E-state index in [1.54, 1.807) is 11.3 Å². The van der Waals surface area contributed by atoms with E-state index in [0.717, 1.165) is 23.7 Å². The lowest BCUT2D eigenvalue weighted by Crippen LogP contribution is -2.21. The fourth-order valence-corrected chi connectivity index (χ4v) is 2.98. The average Bonchev–Trinajstić information content (AvgIpc) is 2.77. The van der Waals surface area contributed by atoms with Crippen molar-refractivity contribution in [2.24, 2.45) is 5.92 Å². The molecule has 2 aromatic rings. The van der Waals surface area contributed by atoms with Crippen molar-refractivity contribution in [1.29, 1.82) is 0 Å². The standard InChI is InChI=1S/C15H23N3S/c1-10(2)7-16-8-11(3)6-14-13(5)17-15-18(14)9-12(4)19-15/h6,9-10,16H,7-8H2,1-5H3. The number of nitrogens with one attached hydrogen (secondary N) is 1. The molecule has 1 N–H and O–H groups in total. The molecule has 0 spiro atoms. The Morgan fingerprint density at radius 1 is 1.47 bits per heavy atom. The number of hydrogen-bond acceptors (Lipinski definition) is 3. The number of aromatic nitrogens is 2. The lowest BCUT2D eigenvalue weighted by atomic mass is 10.2. The number of nitrogens with zero attached hydrogens (tertiary/aromatic N) is 2. The minimum atomic E-state index is 0.690. The summed E-state index contributed by atoms with van der Waals surface area (Å²) >= 11 is 1.74. The lowest BCUT2D eigenvalue weighted by Gasteiger charge is -2.07. The minimum Gasteiger partial charge on any atom is -0.313 e. The van der Waals surface area contributed by atoms with Gasteiger partial charge in [0.2, 0.25) is 0 Å². The normalized spacial score (nSPS) is 12.8. The van der Waals surface area contributed by atoms with Gasteiger partial charge in [-0.05, 0) is 39.3 Å². The second-order valence-electron chi connectivity index (χ2n) is 5.59. The summed E-state index contributed by atoms with van der Waals surface area (Å²) in [5.74, 6) is 0.690. The maximum absolute atomic E-state index is 4.61. The van der Waals surface area contributed by atoms with Crippen LogP contribution >= 0.6 is 11.3 Å². The highest BCUT2D eigenvalue weighted by molar-refractivity contribution is 7.17. The van der Waals surface area contributed by atoms with Gasteiger partial charge in [-0.2, -0.15) is 0 Å². The third kappa shape index (κ3) is 3.45. The Kier molecular flexibility index (Phi) is 4.42. The number of rotatable bonds is 5. The molecule has 0 saturated carbocycles. The van der Waals surface area contributed by atoms with Crippen molar-refractivity contribution in [3.05, 3.63) is 28.0 Å². The molecule has 0 saturated heterocycles.